The first-order valence-corrected chi connectivity index (χ1v) is 5.40. The second kappa shape index (κ2) is 6.25. The molecule has 2 rings (SSSR count). The predicted octanol–water partition coefficient (Wildman–Crippen LogP) is 4.36. The van der Waals surface area contributed by atoms with Crippen molar-refractivity contribution in [3.05, 3.63) is 36.5 Å². The largest absolute Gasteiger partial charge is 0.361 e. The van der Waals surface area contributed by atoms with Crippen molar-refractivity contribution >= 4 is 10.9 Å². The molecule has 0 aliphatic rings. The quantitative estimate of drug-likeness (QED) is 0.722. The van der Waals surface area contributed by atoms with Gasteiger partial charge in [0, 0.05) is 11.7 Å². The summed E-state index contributed by atoms with van der Waals surface area (Å²) in [6.45, 7) is 4.42. The number of aromatic amines is 1. The maximum absolute atomic E-state index is 3.12. The Balaban J connectivity index is 0.000000171. The van der Waals surface area contributed by atoms with Crippen LogP contribution in [-0.4, -0.2) is 4.98 Å². The van der Waals surface area contributed by atoms with Crippen LogP contribution in [0.2, 0.25) is 0 Å². The number of hydrogen-bond donors (Lipinski definition) is 1. The summed E-state index contributed by atoms with van der Waals surface area (Å²) in [5.74, 6) is 0. The first-order valence-electron chi connectivity index (χ1n) is 5.40. The van der Waals surface area contributed by atoms with Gasteiger partial charge in [-0.25, -0.2) is 0 Å². The number of nitrogens with one attached hydrogen (secondary N) is 1. The minimum atomic E-state index is 1.21. The van der Waals surface area contributed by atoms with Gasteiger partial charge in [0.15, 0.2) is 0 Å². The van der Waals surface area contributed by atoms with Crippen molar-refractivity contribution in [2.24, 2.45) is 0 Å². The highest BCUT2D eigenvalue weighted by Crippen LogP contribution is 2.09. The highest BCUT2D eigenvalue weighted by Gasteiger charge is 1.86. The predicted molar refractivity (Wildman–Crippen MR) is 63.5 cm³/mol. The maximum Gasteiger partial charge on any atom is 0.0453 e. The smallest absolute Gasteiger partial charge is 0.0453 e. The molecule has 1 heterocycles. The lowest BCUT2D eigenvalue weighted by atomic mass is 10.3. The SMILES string of the molecule is CCCCC.c1ccc2[nH]ccc2c1. The van der Waals surface area contributed by atoms with Crippen LogP contribution >= 0.6 is 0 Å². The van der Waals surface area contributed by atoms with Crippen LogP contribution in [0.1, 0.15) is 33.1 Å². The first-order chi connectivity index (χ1) is 6.88. The van der Waals surface area contributed by atoms with Gasteiger partial charge in [-0.1, -0.05) is 51.3 Å². The Morgan fingerprint density at radius 3 is 2.29 bits per heavy atom. The minimum absolute atomic E-state index is 1.21. The Bertz CT molecular complexity index is 317. The average Bonchev–Trinajstić information content (AvgIpc) is 2.67. The van der Waals surface area contributed by atoms with Crippen LogP contribution in [0.25, 0.3) is 10.9 Å². The molecule has 0 radical (unpaired) electrons. The lowest BCUT2D eigenvalue weighted by Gasteiger charge is -1.83. The Hall–Kier alpha value is -1.24. The van der Waals surface area contributed by atoms with E-state index in [1.165, 1.54) is 30.2 Å². The molecule has 14 heavy (non-hydrogen) atoms. The molecule has 1 nitrogen and oxygen atoms in total. The number of H-pyrrole nitrogens is 1. The molecular weight excluding hydrogens is 170 g/mol. The molecule has 0 aliphatic heterocycles. The zero-order chi connectivity index (χ0) is 10.2. The molecule has 0 bridgehead atoms. The van der Waals surface area contributed by atoms with Crippen LogP contribution in [0.5, 0.6) is 0 Å². The summed E-state index contributed by atoms with van der Waals surface area (Å²) < 4.78 is 0. The highest BCUT2D eigenvalue weighted by molar-refractivity contribution is 5.78. The van der Waals surface area contributed by atoms with E-state index >= 15 is 0 Å². The number of rotatable bonds is 2. The van der Waals surface area contributed by atoms with E-state index in [1.807, 2.05) is 18.3 Å². The molecule has 1 N–H and O–H groups in total. The first kappa shape index (κ1) is 10.8. The second-order valence-corrected chi connectivity index (χ2v) is 3.42. The number of para-hydroxylation sites is 1. The van der Waals surface area contributed by atoms with Gasteiger partial charge in [-0.3, -0.25) is 0 Å². The molecular formula is C13H19N. The van der Waals surface area contributed by atoms with E-state index in [0.29, 0.717) is 0 Å². The van der Waals surface area contributed by atoms with E-state index in [4.69, 9.17) is 0 Å². The van der Waals surface area contributed by atoms with Crippen molar-refractivity contribution in [2.45, 2.75) is 33.1 Å². The van der Waals surface area contributed by atoms with Gasteiger partial charge >= 0.3 is 0 Å². The van der Waals surface area contributed by atoms with Crippen LogP contribution < -0.4 is 0 Å². The molecule has 1 aromatic heterocycles. The third-order valence-corrected chi connectivity index (χ3v) is 2.17. The van der Waals surface area contributed by atoms with E-state index < -0.39 is 0 Å². The number of benzene rings is 1. The van der Waals surface area contributed by atoms with E-state index in [9.17, 15) is 0 Å². The van der Waals surface area contributed by atoms with E-state index in [-0.39, 0.29) is 0 Å². The van der Waals surface area contributed by atoms with Gasteiger partial charge in [0.2, 0.25) is 0 Å². The topological polar surface area (TPSA) is 15.8 Å². The van der Waals surface area contributed by atoms with Gasteiger partial charge in [0.1, 0.15) is 0 Å². The summed E-state index contributed by atoms with van der Waals surface area (Å²) in [4.78, 5) is 3.12. The minimum Gasteiger partial charge on any atom is -0.361 e. The van der Waals surface area contributed by atoms with Crippen molar-refractivity contribution in [3.8, 4) is 0 Å². The van der Waals surface area contributed by atoms with Crippen molar-refractivity contribution in [2.75, 3.05) is 0 Å². The summed E-state index contributed by atoms with van der Waals surface area (Å²) in [5, 5.41) is 1.28. The molecule has 1 heteroatoms. The summed E-state index contributed by atoms with van der Waals surface area (Å²) in [7, 11) is 0. The molecule has 0 atom stereocenters. The highest BCUT2D eigenvalue weighted by atomic mass is 14.6. The summed E-state index contributed by atoms with van der Waals surface area (Å²) in [5.41, 5.74) is 1.21. The lowest BCUT2D eigenvalue weighted by Crippen LogP contribution is -1.61. The molecule has 0 fully saturated rings. The van der Waals surface area contributed by atoms with Crippen molar-refractivity contribution in [1.82, 2.24) is 4.98 Å². The van der Waals surface area contributed by atoms with Gasteiger partial charge in [0.05, 0.1) is 0 Å². The molecule has 0 aliphatic carbocycles. The van der Waals surface area contributed by atoms with Crippen LogP contribution in [0.4, 0.5) is 0 Å². The molecule has 0 saturated heterocycles. The normalized spacial score (nSPS) is 9.57. The summed E-state index contributed by atoms with van der Waals surface area (Å²) in [6, 6.07) is 10.3. The number of aromatic nitrogens is 1. The van der Waals surface area contributed by atoms with Gasteiger partial charge in [-0.2, -0.15) is 0 Å². The second-order valence-electron chi connectivity index (χ2n) is 3.42. The van der Waals surface area contributed by atoms with Gasteiger partial charge in [-0.15, -0.1) is 0 Å². The Morgan fingerprint density at radius 1 is 1.00 bits per heavy atom. The van der Waals surface area contributed by atoms with Gasteiger partial charge < -0.3 is 4.98 Å². The zero-order valence-corrected chi connectivity index (χ0v) is 9.09. The van der Waals surface area contributed by atoms with Crippen LogP contribution in [0.3, 0.4) is 0 Å². The molecule has 1 aromatic carbocycles. The van der Waals surface area contributed by atoms with Gasteiger partial charge in [0.25, 0.3) is 0 Å². The van der Waals surface area contributed by atoms with Crippen LogP contribution in [0, 0.1) is 0 Å². The van der Waals surface area contributed by atoms with E-state index in [1.54, 1.807) is 0 Å². The van der Waals surface area contributed by atoms with Crippen molar-refractivity contribution in [1.29, 1.82) is 0 Å². The fourth-order valence-electron chi connectivity index (χ4n) is 1.35. The van der Waals surface area contributed by atoms with Crippen molar-refractivity contribution < 1.29 is 0 Å². The Morgan fingerprint density at radius 2 is 1.71 bits per heavy atom. The van der Waals surface area contributed by atoms with Crippen LogP contribution in [-0.2, 0) is 0 Å². The molecule has 0 unspecified atom stereocenters. The fraction of sp³-hybridized carbons (Fsp3) is 0.385. The maximum atomic E-state index is 3.12. The molecule has 76 valence electrons. The van der Waals surface area contributed by atoms with Crippen LogP contribution in [0.15, 0.2) is 36.5 Å². The third kappa shape index (κ3) is 3.25. The average molecular weight is 189 g/mol. The molecule has 0 spiro atoms. The van der Waals surface area contributed by atoms with E-state index in [2.05, 4.69) is 37.0 Å². The Kier molecular flexibility index (Phi) is 4.84. The zero-order valence-electron chi connectivity index (χ0n) is 9.09. The standard InChI is InChI=1S/C8H7N.C5H12/c1-2-4-8-7(3-1)5-6-9-8;1-3-5-4-2/h1-6,9H;3-5H2,1-2H3. The fourth-order valence-corrected chi connectivity index (χ4v) is 1.35. The lowest BCUT2D eigenvalue weighted by molar-refractivity contribution is 0.772. The third-order valence-electron chi connectivity index (χ3n) is 2.17. The van der Waals surface area contributed by atoms with Gasteiger partial charge in [-0.05, 0) is 17.5 Å². The molecule has 2 aromatic rings. The number of hydrogen-bond acceptors (Lipinski definition) is 0. The van der Waals surface area contributed by atoms with Crippen molar-refractivity contribution in [3.63, 3.8) is 0 Å². The Labute approximate surface area is 86.2 Å². The monoisotopic (exact) mass is 189 g/mol. The molecule has 0 amide bonds. The van der Waals surface area contributed by atoms with E-state index in [0.717, 1.165) is 0 Å². The summed E-state index contributed by atoms with van der Waals surface area (Å²) >= 11 is 0. The molecule has 0 saturated carbocycles. The summed E-state index contributed by atoms with van der Waals surface area (Å²) in [6.07, 6.45) is 6.03. The number of unbranched alkanes of at least 4 members (excludes halogenated alkanes) is 2. The number of fused-ring (bicyclic) bond motifs is 1.